The lowest BCUT2D eigenvalue weighted by molar-refractivity contribution is 0.102. The number of rotatable bonds is 6. The van der Waals surface area contributed by atoms with Gasteiger partial charge in [-0.15, -0.1) is 0 Å². The van der Waals surface area contributed by atoms with Crippen molar-refractivity contribution in [3.63, 3.8) is 0 Å². The number of halogens is 2. The van der Waals surface area contributed by atoms with Gasteiger partial charge in [-0.2, -0.15) is 0 Å². The number of anilines is 2. The van der Waals surface area contributed by atoms with Crippen LogP contribution in [-0.2, 0) is 11.0 Å². The fourth-order valence-corrected chi connectivity index (χ4v) is 3.60. The zero-order valence-corrected chi connectivity index (χ0v) is 17.1. The van der Waals surface area contributed by atoms with E-state index >= 15 is 0 Å². The summed E-state index contributed by atoms with van der Waals surface area (Å²) in [5.74, 6) is 0.0835. The summed E-state index contributed by atoms with van der Waals surface area (Å²) in [6.07, 6.45) is 0. The monoisotopic (exact) mass is 434 g/mol. The molecule has 0 heterocycles. The Labute approximate surface area is 175 Å². The Morgan fingerprint density at radius 2 is 1.71 bits per heavy atom. The van der Waals surface area contributed by atoms with Crippen molar-refractivity contribution in [3.8, 4) is 5.75 Å². The van der Waals surface area contributed by atoms with Crippen LogP contribution in [0.1, 0.15) is 10.4 Å². The fraction of sp³-hybridized carbons (Fsp3) is 0.0500. The van der Waals surface area contributed by atoms with E-state index in [1.54, 1.807) is 60.7 Å². The molecule has 144 valence electrons. The fourth-order valence-electron chi connectivity index (χ4n) is 2.40. The van der Waals surface area contributed by atoms with Crippen LogP contribution in [0.2, 0.25) is 10.0 Å². The second kappa shape index (κ2) is 9.10. The lowest BCUT2D eigenvalue weighted by Gasteiger charge is -2.14. The number of benzene rings is 3. The highest BCUT2D eigenvalue weighted by atomic mass is 35.5. The smallest absolute Gasteiger partial charge is 0.257 e. The van der Waals surface area contributed by atoms with E-state index in [1.807, 2.05) is 6.07 Å². The van der Waals surface area contributed by atoms with Crippen LogP contribution >= 0.6 is 23.2 Å². The molecule has 3 rings (SSSR count). The molecule has 0 aliphatic carbocycles. The summed E-state index contributed by atoms with van der Waals surface area (Å²) in [7, 11) is -0.0272. The SMILES string of the molecule is COc1ccc(NS(=O)c2ccccc2)c(C(=O)Nc2ccc(Cl)c(Cl)c2)c1. The summed E-state index contributed by atoms with van der Waals surface area (Å²) in [6, 6.07) is 18.6. The number of ether oxygens (including phenoxy) is 1. The lowest BCUT2D eigenvalue weighted by atomic mass is 10.1. The van der Waals surface area contributed by atoms with E-state index in [0.717, 1.165) is 0 Å². The van der Waals surface area contributed by atoms with Gasteiger partial charge >= 0.3 is 0 Å². The van der Waals surface area contributed by atoms with Crippen molar-refractivity contribution < 1.29 is 13.7 Å². The molecule has 0 aromatic heterocycles. The normalized spacial score (nSPS) is 11.5. The molecular formula is C20H16Cl2N2O3S. The number of hydrogen-bond donors (Lipinski definition) is 2. The van der Waals surface area contributed by atoms with Gasteiger partial charge in [0.05, 0.1) is 33.3 Å². The van der Waals surface area contributed by atoms with Gasteiger partial charge in [0.2, 0.25) is 0 Å². The molecule has 0 radical (unpaired) electrons. The molecule has 0 fully saturated rings. The van der Waals surface area contributed by atoms with Gasteiger partial charge in [0.25, 0.3) is 5.91 Å². The van der Waals surface area contributed by atoms with Gasteiger partial charge in [-0.3, -0.25) is 4.79 Å². The highest BCUT2D eigenvalue weighted by Crippen LogP contribution is 2.27. The first-order valence-electron chi connectivity index (χ1n) is 8.16. The minimum absolute atomic E-state index is 0.273. The van der Waals surface area contributed by atoms with Crippen LogP contribution in [0.25, 0.3) is 0 Å². The molecule has 1 atom stereocenters. The minimum Gasteiger partial charge on any atom is -0.497 e. The molecule has 2 N–H and O–H groups in total. The zero-order chi connectivity index (χ0) is 20.1. The maximum Gasteiger partial charge on any atom is 0.257 e. The first-order chi connectivity index (χ1) is 13.5. The number of carbonyl (C=O) groups is 1. The number of hydrogen-bond acceptors (Lipinski definition) is 3. The van der Waals surface area contributed by atoms with Gasteiger partial charge in [0, 0.05) is 5.69 Å². The van der Waals surface area contributed by atoms with Gasteiger partial charge < -0.3 is 14.8 Å². The summed E-state index contributed by atoms with van der Waals surface area (Å²) in [5.41, 5.74) is 1.16. The summed E-state index contributed by atoms with van der Waals surface area (Å²) in [5, 5.41) is 3.47. The van der Waals surface area contributed by atoms with E-state index < -0.39 is 16.9 Å². The summed E-state index contributed by atoms with van der Waals surface area (Å²) in [4.78, 5) is 13.4. The number of methoxy groups -OCH3 is 1. The quantitative estimate of drug-likeness (QED) is 0.546. The lowest BCUT2D eigenvalue weighted by Crippen LogP contribution is -2.16. The van der Waals surface area contributed by atoms with Gasteiger partial charge in [-0.25, -0.2) is 4.21 Å². The minimum atomic E-state index is -1.53. The van der Waals surface area contributed by atoms with E-state index in [9.17, 15) is 9.00 Å². The van der Waals surface area contributed by atoms with Crippen LogP contribution in [0.15, 0.2) is 71.6 Å². The predicted molar refractivity (Wildman–Crippen MR) is 114 cm³/mol. The van der Waals surface area contributed by atoms with Gasteiger partial charge in [0.15, 0.2) is 0 Å². The Bertz CT molecular complexity index is 1030. The third-order valence-electron chi connectivity index (χ3n) is 3.81. The van der Waals surface area contributed by atoms with Crippen molar-refractivity contribution in [2.75, 3.05) is 17.1 Å². The standard InChI is InChI=1S/C20H16Cl2N2O3S/c1-27-14-8-10-19(24-28(26)15-5-3-2-4-6-15)16(12-14)20(25)23-13-7-9-17(21)18(22)11-13/h2-12,24H,1H3,(H,23,25). The molecule has 8 heteroatoms. The van der Waals surface area contributed by atoms with Crippen LogP contribution in [0, 0.1) is 0 Å². The molecule has 1 unspecified atom stereocenters. The van der Waals surface area contributed by atoms with Crippen LogP contribution in [0.4, 0.5) is 11.4 Å². The average Bonchev–Trinajstić information content (AvgIpc) is 2.71. The number of carbonyl (C=O) groups excluding carboxylic acids is 1. The van der Waals surface area contributed by atoms with E-state index in [-0.39, 0.29) is 5.56 Å². The van der Waals surface area contributed by atoms with Crippen LogP contribution in [0.5, 0.6) is 5.75 Å². The Morgan fingerprint density at radius 3 is 2.39 bits per heavy atom. The Hall–Kier alpha value is -2.54. The molecule has 28 heavy (non-hydrogen) atoms. The molecule has 3 aromatic rings. The molecule has 0 aliphatic heterocycles. The molecule has 0 saturated heterocycles. The Kier molecular flexibility index (Phi) is 6.57. The average molecular weight is 435 g/mol. The molecule has 0 saturated carbocycles. The van der Waals surface area contributed by atoms with E-state index in [1.165, 1.54) is 7.11 Å². The number of amides is 1. The largest absolute Gasteiger partial charge is 0.497 e. The summed E-state index contributed by atoms with van der Waals surface area (Å²) < 4.78 is 20.7. The highest BCUT2D eigenvalue weighted by molar-refractivity contribution is 7.86. The van der Waals surface area contributed by atoms with Crippen LogP contribution < -0.4 is 14.8 Å². The summed E-state index contributed by atoms with van der Waals surface area (Å²) in [6.45, 7) is 0. The third-order valence-corrected chi connectivity index (χ3v) is 5.65. The van der Waals surface area contributed by atoms with Crippen LogP contribution in [0.3, 0.4) is 0 Å². The first kappa shape index (κ1) is 20.2. The second-order valence-corrected chi connectivity index (χ2v) is 7.71. The molecule has 1 amide bonds. The van der Waals surface area contributed by atoms with Crippen LogP contribution in [-0.4, -0.2) is 17.2 Å². The summed E-state index contributed by atoms with van der Waals surface area (Å²) >= 11 is 11.9. The van der Waals surface area contributed by atoms with Gasteiger partial charge in [-0.1, -0.05) is 41.4 Å². The van der Waals surface area contributed by atoms with Crippen molar-refractivity contribution in [2.45, 2.75) is 4.90 Å². The maximum atomic E-state index is 12.8. The van der Waals surface area contributed by atoms with Crippen molar-refractivity contribution in [2.24, 2.45) is 0 Å². The molecule has 0 bridgehead atoms. The molecule has 3 aromatic carbocycles. The Balaban J connectivity index is 1.88. The van der Waals surface area contributed by atoms with Crippen molar-refractivity contribution >= 4 is 51.5 Å². The topological polar surface area (TPSA) is 67.4 Å². The van der Waals surface area contributed by atoms with Crippen molar-refractivity contribution in [1.82, 2.24) is 0 Å². The van der Waals surface area contributed by atoms with Gasteiger partial charge in [-0.05, 0) is 48.5 Å². The van der Waals surface area contributed by atoms with E-state index in [0.29, 0.717) is 32.1 Å². The van der Waals surface area contributed by atoms with Gasteiger partial charge in [0.1, 0.15) is 16.7 Å². The highest BCUT2D eigenvalue weighted by Gasteiger charge is 2.16. The molecule has 0 aliphatic rings. The molecular weight excluding hydrogens is 419 g/mol. The van der Waals surface area contributed by atoms with Crippen molar-refractivity contribution in [3.05, 3.63) is 82.3 Å². The molecule has 0 spiro atoms. The van der Waals surface area contributed by atoms with E-state index in [4.69, 9.17) is 27.9 Å². The first-order valence-corrected chi connectivity index (χ1v) is 10.1. The second-order valence-electron chi connectivity index (χ2n) is 5.68. The third kappa shape index (κ3) is 4.84. The Morgan fingerprint density at radius 1 is 0.964 bits per heavy atom. The number of nitrogens with one attached hydrogen (secondary N) is 2. The van der Waals surface area contributed by atoms with Crippen molar-refractivity contribution in [1.29, 1.82) is 0 Å². The van der Waals surface area contributed by atoms with E-state index in [2.05, 4.69) is 10.0 Å². The predicted octanol–water partition coefficient (Wildman–Crippen LogP) is 5.39. The maximum absolute atomic E-state index is 12.8. The zero-order valence-electron chi connectivity index (χ0n) is 14.7. The molecule has 5 nitrogen and oxygen atoms in total.